The fourth-order valence-corrected chi connectivity index (χ4v) is 3.58. The van der Waals surface area contributed by atoms with E-state index in [-0.39, 0.29) is 11.5 Å². The highest BCUT2D eigenvalue weighted by molar-refractivity contribution is 7.98. The lowest BCUT2D eigenvalue weighted by Gasteiger charge is -2.09. The highest BCUT2D eigenvalue weighted by atomic mass is 32.2. The van der Waals surface area contributed by atoms with Gasteiger partial charge in [0.05, 0.1) is 5.69 Å². The van der Waals surface area contributed by atoms with Crippen molar-refractivity contribution in [3.63, 3.8) is 0 Å². The number of nitrogens with zero attached hydrogens (tertiary/aromatic N) is 1. The Labute approximate surface area is 163 Å². The van der Waals surface area contributed by atoms with Crippen LogP contribution in [-0.2, 0) is 9.53 Å². The fourth-order valence-electron chi connectivity index (χ4n) is 2.23. The van der Waals surface area contributed by atoms with Crippen molar-refractivity contribution in [3.8, 4) is 10.6 Å². The minimum atomic E-state index is -0.687. The number of carbonyl (C=O) groups excluding carboxylic acids is 2. The summed E-state index contributed by atoms with van der Waals surface area (Å²) in [5.74, 6) is -1.46. The number of para-hydroxylation sites is 1. The second-order valence-electron chi connectivity index (χ2n) is 5.37. The number of carbonyl (C=O) groups is 2. The largest absolute Gasteiger partial charge is 0.451 e. The van der Waals surface area contributed by atoms with Gasteiger partial charge >= 0.3 is 5.97 Å². The number of anilines is 1. The molecule has 1 N–H and O–H groups in total. The molecule has 0 unspecified atom stereocenters. The first-order valence-corrected chi connectivity index (χ1v) is 9.98. The number of esters is 1. The summed E-state index contributed by atoms with van der Waals surface area (Å²) in [5.41, 5.74) is 1.47. The third kappa shape index (κ3) is 4.93. The number of aromatic nitrogens is 1. The molecule has 0 aliphatic carbocycles. The third-order valence-electron chi connectivity index (χ3n) is 3.52. The summed E-state index contributed by atoms with van der Waals surface area (Å²) in [5, 5.41) is 4.83. The van der Waals surface area contributed by atoms with Gasteiger partial charge in [0.1, 0.15) is 10.8 Å². The van der Waals surface area contributed by atoms with E-state index in [9.17, 15) is 14.0 Å². The molecular formula is C19H15FN2O3S2. The van der Waals surface area contributed by atoms with Gasteiger partial charge in [0, 0.05) is 15.8 Å². The van der Waals surface area contributed by atoms with E-state index < -0.39 is 18.5 Å². The Bertz CT molecular complexity index is 958. The number of ether oxygens (including phenoxy) is 1. The van der Waals surface area contributed by atoms with Crippen LogP contribution in [0, 0.1) is 5.82 Å². The first kappa shape index (κ1) is 19.1. The number of rotatable bonds is 6. The predicted octanol–water partition coefficient (Wildman–Crippen LogP) is 4.47. The van der Waals surface area contributed by atoms with Crippen molar-refractivity contribution in [2.75, 3.05) is 18.2 Å². The number of benzene rings is 2. The molecule has 0 aliphatic heterocycles. The van der Waals surface area contributed by atoms with Gasteiger partial charge in [-0.2, -0.15) is 0 Å². The molecule has 0 bridgehead atoms. The van der Waals surface area contributed by atoms with Gasteiger partial charge in [-0.25, -0.2) is 14.2 Å². The molecule has 8 heteroatoms. The second-order valence-corrected chi connectivity index (χ2v) is 7.08. The van der Waals surface area contributed by atoms with Crippen molar-refractivity contribution >= 4 is 40.7 Å². The topological polar surface area (TPSA) is 68.3 Å². The second kappa shape index (κ2) is 8.79. The van der Waals surface area contributed by atoms with Crippen LogP contribution < -0.4 is 5.32 Å². The molecule has 0 fully saturated rings. The Morgan fingerprint density at radius 2 is 1.93 bits per heavy atom. The maximum absolute atomic E-state index is 13.0. The molecule has 0 saturated carbocycles. The molecule has 5 nitrogen and oxygen atoms in total. The Hall–Kier alpha value is -2.71. The summed E-state index contributed by atoms with van der Waals surface area (Å²) in [6.45, 7) is -0.412. The minimum Gasteiger partial charge on any atom is -0.451 e. The lowest BCUT2D eigenvalue weighted by Crippen LogP contribution is -2.21. The Morgan fingerprint density at radius 3 is 2.67 bits per heavy atom. The monoisotopic (exact) mass is 402 g/mol. The molecule has 0 spiro atoms. The van der Waals surface area contributed by atoms with Crippen LogP contribution in [-0.4, -0.2) is 29.7 Å². The van der Waals surface area contributed by atoms with Gasteiger partial charge in [-0.05, 0) is 42.7 Å². The van der Waals surface area contributed by atoms with Crippen LogP contribution in [0.25, 0.3) is 10.6 Å². The minimum absolute atomic E-state index is 0.108. The number of hydrogen-bond acceptors (Lipinski definition) is 6. The summed E-state index contributed by atoms with van der Waals surface area (Å²) in [6.07, 6.45) is 1.91. The molecular weight excluding hydrogens is 387 g/mol. The predicted molar refractivity (Wildman–Crippen MR) is 105 cm³/mol. The quantitative estimate of drug-likeness (QED) is 0.487. The van der Waals surface area contributed by atoms with Crippen molar-refractivity contribution in [2.24, 2.45) is 0 Å². The summed E-state index contributed by atoms with van der Waals surface area (Å²) >= 11 is 2.75. The van der Waals surface area contributed by atoms with Gasteiger partial charge < -0.3 is 10.1 Å². The maximum atomic E-state index is 13.0. The van der Waals surface area contributed by atoms with E-state index in [2.05, 4.69) is 10.3 Å². The zero-order valence-electron chi connectivity index (χ0n) is 14.3. The molecule has 0 aliphatic rings. The lowest BCUT2D eigenvalue weighted by atomic mass is 10.2. The van der Waals surface area contributed by atoms with E-state index in [1.54, 1.807) is 23.6 Å². The van der Waals surface area contributed by atoms with E-state index >= 15 is 0 Å². The molecule has 3 rings (SSSR count). The van der Waals surface area contributed by atoms with Crippen LogP contribution in [0.3, 0.4) is 0 Å². The number of hydrogen-bond donors (Lipinski definition) is 1. The summed E-state index contributed by atoms with van der Waals surface area (Å²) in [6, 6.07) is 13.2. The number of nitrogens with one attached hydrogen (secondary N) is 1. The SMILES string of the molecule is CSc1ccccc1NC(=O)COC(=O)c1csc(-c2ccc(F)cc2)n1. The summed E-state index contributed by atoms with van der Waals surface area (Å²) in [7, 11) is 0. The van der Waals surface area contributed by atoms with Crippen LogP contribution in [0.15, 0.2) is 58.8 Å². The fraction of sp³-hybridized carbons (Fsp3) is 0.105. The summed E-state index contributed by atoms with van der Waals surface area (Å²) < 4.78 is 18.0. The molecule has 0 atom stereocenters. The number of amides is 1. The van der Waals surface area contributed by atoms with Crippen molar-refractivity contribution in [2.45, 2.75) is 4.90 Å². The Morgan fingerprint density at radius 1 is 1.19 bits per heavy atom. The first-order valence-electron chi connectivity index (χ1n) is 7.88. The standard InChI is InChI=1S/C19H15FN2O3S2/c1-26-16-5-3-2-4-14(16)21-17(23)10-25-19(24)15-11-27-18(22-15)12-6-8-13(20)9-7-12/h2-9,11H,10H2,1H3,(H,21,23). The smallest absolute Gasteiger partial charge is 0.358 e. The Kier molecular flexibility index (Phi) is 6.20. The molecule has 2 aromatic carbocycles. The third-order valence-corrected chi connectivity index (χ3v) is 5.21. The van der Waals surface area contributed by atoms with Crippen molar-refractivity contribution in [1.82, 2.24) is 4.98 Å². The van der Waals surface area contributed by atoms with Crippen LogP contribution >= 0.6 is 23.1 Å². The molecule has 138 valence electrons. The maximum Gasteiger partial charge on any atom is 0.358 e. The molecule has 0 saturated heterocycles. The number of thiazole rings is 1. The van der Waals surface area contributed by atoms with Crippen molar-refractivity contribution < 1.29 is 18.7 Å². The highest BCUT2D eigenvalue weighted by Gasteiger charge is 2.15. The van der Waals surface area contributed by atoms with Crippen LogP contribution in [0.2, 0.25) is 0 Å². The van der Waals surface area contributed by atoms with E-state index in [1.807, 2.05) is 24.5 Å². The zero-order chi connectivity index (χ0) is 19.2. The van der Waals surface area contributed by atoms with Crippen LogP contribution in [0.4, 0.5) is 10.1 Å². The zero-order valence-corrected chi connectivity index (χ0v) is 15.9. The molecule has 1 amide bonds. The summed E-state index contributed by atoms with van der Waals surface area (Å²) in [4.78, 5) is 29.2. The van der Waals surface area contributed by atoms with E-state index in [1.165, 1.54) is 35.2 Å². The normalized spacial score (nSPS) is 10.4. The highest BCUT2D eigenvalue weighted by Crippen LogP contribution is 2.25. The van der Waals surface area contributed by atoms with Crippen LogP contribution in [0.1, 0.15) is 10.5 Å². The Balaban J connectivity index is 1.58. The number of halogens is 1. The lowest BCUT2D eigenvalue weighted by molar-refractivity contribution is -0.119. The average molecular weight is 402 g/mol. The van der Waals surface area contributed by atoms with E-state index in [0.29, 0.717) is 16.3 Å². The van der Waals surface area contributed by atoms with Gasteiger partial charge in [0.25, 0.3) is 5.91 Å². The van der Waals surface area contributed by atoms with E-state index in [4.69, 9.17) is 4.74 Å². The van der Waals surface area contributed by atoms with Crippen molar-refractivity contribution in [1.29, 1.82) is 0 Å². The van der Waals surface area contributed by atoms with Gasteiger partial charge in [0.2, 0.25) is 0 Å². The average Bonchev–Trinajstić information content (AvgIpc) is 3.17. The molecule has 27 heavy (non-hydrogen) atoms. The van der Waals surface area contributed by atoms with Gasteiger partial charge in [0.15, 0.2) is 12.3 Å². The molecule has 3 aromatic rings. The molecule has 1 aromatic heterocycles. The van der Waals surface area contributed by atoms with E-state index in [0.717, 1.165) is 4.90 Å². The molecule has 1 heterocycles. The first-order chi connectivity index (χ1) is 13.1. The van der Waals surface area contributed by atoms with Gasteiger partial charge in [-0.3, -0.25) is 4.79 Å². The molecule has 0 radical (unpaired) electrons. The number of thioether (sulfide) groups is 1. The van der Waals surface area contributed by atoms with Crippen molar-refractivity contribution in [3.05, 3.63) is 65.4 Å². The van der Waals surface area contributed by atoms with Gasteiger partial charge in [-0.15, -0.1) is 23.1 Å². The van der Waals surface area contributed by atoms with Crippen LogP contribution in [0.5, 0.6) is 0 Å². The van der Waals surface area contributed by atoms with Gasteiger partial charge in [-0.1, -0.05) is 12.1 Å².